The third kappa shape index (κ3) is 60.5. The number of carbonyl (C=O) groups excluding carboxylic acids is 3. The lowest BCUT2D eigenvalue weighted by molar-refractivity contribution is -0.167. The van der Waals surface area contributed by atoms with Crippen LogP contribution in [-0.2, 0) is 28.6 Å². The molecule has 0 N–H and O–H groups in total. The van der Waals surface area contributed by atoms with Crippen molar-refractivity contribution in [1.82, 2.24) is 0 Å². The molecule has 434 valence electrons. The molecule has 0 spiro atoms. The van der Waals surface area contributed by atoms with Crippen molar-refractivity contribution in [2.45, 2.75) is 367 Å². The summed E-state index contributed by atoms with van der Waals surface area (Å²) >= 11 is 0. The Hall–Kier alpha value is -2.37. The number of carbonyl (C=O) groups is 3. The molecule has 1 atom stereocenters. The lowest BCUT2D eigenvalue weighted by Crippen LogP contribution is -2.30. The van der Waals surface area contributed by atoms with Gasteiger partial charge in [0.1, 0.15) is 13.2 Å². The van der Waals surface area contributed by atoms with Gasteiger partial charge in [-0.1, -0.05) is 301 Å². The van der Waals surface area contributed by atoms with Crippen LogP contribution in [0.5, 0.6) is 0 Å². The minimum atomic E-state index is -0.778. The van der Waals surface area contributed by atoms with E-state index in [2.05, 4.69) is 57.2 Å². The van der Waals surface area contributed by atoms with Gasteiger partial charge in [0.25, 0.3) is 0 Å². The van der Waals surface area contributed by atoms with E-state index >= 15 is 0 Å². The Balaban J connectivity index is 4.24. The van der Waals surface area contributed by atoms with E-state index in [-0.39, 0.29) is 31.1 Å². The minimum absolute atomic E-state index is 0.0739. The van der Waals surface area contributed by atoms with E-state index in [1.54, 1.807) is 0 Å². The van der Waals surface area contributed by atoms with E-state index in [9.17, 15) is 14.4 Å². The predicted octanol–water partition coefficient (Wildman–Crippen LogP) is 22.4. The number of ether oxygens (including phenoxy) is 3. The summed E-state index contributed by atoms with van der Waals surface area (Å²) < 4.78 is 16.9. The van der Waals surface area contributed by atoms with Crippen molar-refractivity contribution in [3.63, 3.8) is 0 Å². The second-order valence-corrected chi connectivity index (χ2v) is 22.4. The minimum Gasteiger partial charge on any atom is -0.462 e. The molecule has 0 heterocycles. The lowest BCUT2D eigenvalue weighted by Gasteiger charge is -2.18. The van der Waals surface area contributed by atoms with E-state index in [0.29, 0.717) is 19.3 Å². The summed E-state index contributed by atoms with van der Waals surface area (Å²) in [6.45, 7) is 6.66. The van der Waals surface area contributed by atoms with Gasteiger partial charge in [0, 0.05) is 19.3 Å². The largest absolute Gasteiger partial charge is 0.462 e. The van der Waals surface area contributed by atoms with Crippen molar-refractivity contribution < 1.29 is 28.6 Å². The van der Waals surface area contributed by atoms with Crippen molar-refractivity contribution in [2.24, 2.45) is 0 Å². The standard InChI is InChI=1S/C68H126O6/c1-4-7-10-13-16-19-22-25-27-29-31-32-33-34-35-36-37-39-40-43-46-49-52-55-58-61-67(70)73-64-65(63-72-66(69)60-57-54-51-48-45-42-24-21-18-15-12-9-6-3)74-68(71)62-59-56-53-50-47-44-41-38-30-28-26-23-20-17-14-11-8-5-2/h20-21,23-24,28,30,65H,4-19,22,25-27,29,31-64H2,1-3H3/b23-20-,24-21-,30-28-. The SMILES string of the molecule is CCCCCC/C=C\C/C=C\CCCCCCCCCC(=O)OC(COC(=O)CCCCCCC/C=C\CCCCCC)COC(=O)CCCCCCCCCCCCCCCCCCCCCCCCCCC. The van der Waals surface area contributed by atoms with Crippen LogP contribution >= 0.6 is 0 Å². The molecule has 0 bridgehead atoms. The van der Waals surface area contributed by atoms with Gasteiger partial charge in [-0.2, -0.15) is 0 Å². The van der Waals surface area contributed by atoms with Gasteiger partial charge in [0.05, 0.1) is 0 Å². The number of unbranched alkanes of at least 4 members (excludes halogenated alkanes) is 44. The molecule has 0 aromatic heterocycles. The molecule has 0 saturated carbocycles. The molecule has 0 saturated heterocycles. The Morgan fingerprint density at radius 2 is 0.486 bits per heavy atom. The fourth-order valence-corrected chi connectivity index (χ4v) is 9.88. The molecule has 0 aliphatic rings. The number of rotatable bonds is 61. The van der Waals surface area contributed by atoms with Crippen LogP contribution in [0.1, 0.15) is 361 Å². The molecule has 0 rings (SSSR count). The molecule has 1 unspecified atom stereocenters. The molecule has 0 radical (unpaired) electrons. The second-order valence-electron chi connectivity index (χ2n) is 22.4. The first-order valence-electron chi connectivity index (χ1n) is 33.0. The molecule has 6 heteroatoms. The van der Waals surface area contributed by atoms with E-state index in [1.807, 2.05) is 0 Å². The predicted molar refractivity (Wildman–Crippen MR) is 321 cm³/mol. The highest BCUT2D eigenvalue weighted by Crippen LogP contribution is 2.18. The summed E-state index contributed by atoms with van der Waals surface area (Å²) in [5, 5.41) is 0. The van der Waals surface area contributed by atoms with Crippen LogP contribution < -0.4 is 0 Å². The molecular weight excluding hydrogens is 913 g/mol. The number of allylic oxidation sites excluding steroid dienone is 6. The van der Waals surface area contributed by atoms with Crippen molar-refractivity contribution >= 4 is 17.9 Å². The zero-order valence-corrected chi connectivity index (χ0v) is 49.9. The highest BCUT2D eigenvalue weighted by Gasteiger charge is 2.19. The topological polar surface area (TPSA) is 78.9 Å². The Morgan fingerprint density at radius 3 is 0.770 bits per heavy atom. The number of hydrogen-bond donors (Lipinski definition) is 0. The maximum absolute atomic E-state index is 12.9. The molecule has 0 aromatic rings. The quantitative estimate of drug-likeness (QED) is 0.0261. The number of esters is 3. The van der Waals surface area contributed by atoms with E-state index in [0.717, 1.165) is 77.0 Å². The van der Waals surface area contributed by atoms with E-state index in [4.69, 9.17) is 14.2 Å². The molecule has 0 aromatic carbocycles. The van der Waals surface area contributed by atoms with Gasteiger partial charge < -0.3 is 14.2 Å². The molecule has 0 aliphatic carbocycles. The van der Waals surface area contributed by atoms with Gasteiger partial charge in [-0.3, -0.25) is 14.4 Å². The molecule has 0 fully saturated rings. The fourth-order valence-electron chi connectivity index (χ4n) is 9.88. The molecule has 74 heavy (non-hydrogen) atoms. The summed E-state index contributed by atoms with van der Waals surface area (Å²) in [6.07, 6.45) is 77.3. The van der Waals surface area contributed by atoms with Crippen molar-refractivity contribution in [3.05, 3.63) is 36.5 Å². The second kappa shape index (κ2) is 63.2. The van der Waals surface area contributed by atoms with E-state index < -0.39 is 6.10 Å². The van der Waals surface area contributed by atoms with Crippen LogP contribution in [0.25, 0.3) is 0 Å². The highest BCUT2D eigenvalue weighted by molar-refractivity contribution is 5.71. The van der Waals surface area contributed by atoms with E-state index in [1.165, 1.54) is 244 Å². The third-order valence-electron chi connectivity index (χ3n) is 14.9. The smallest absolute Gasteiger partial charge is 0.306 e. The van der Waals surface area contributed by atoms with Crippen molar-refractivity contribution in [3.8, 4) is 0 Å². The van der Waals surface area contributed by atoms with Gasteiger partial charge in [-0.15, -0.1) is 0 Å². The average Bonchev–Trinajstić information content (AvgIpc) is 3.40. The van der Waals surface area contributed by atoms with Crippen molar-refractivity contribution in [1.29, 1.82) is 0 Å². The van der Waals surface area contributed by atoms with Crippen LogP contribution in [0, 0.1) is 0 Å². The van der Waals surface area contributed by atoms with Crippen LogP contribution in [-0.4, -0.2) is 37.2 Å². The van der Waals surface area contributed by atoms with Crippen LogP contribution in [0.3, 0.4) is 0 Å². The van der Waals surface area contributed by atoms with Gasteiger partial charge in [-0.05, 0) is 77.0 Å². The maximum Gasteiger partial charge on any atom is 0.306 e. The molecule has 0 aliphatic heterocycles. The Morgan fingerprint density at radius 1 is 0.270 bits per heavy atom. The molecule has 6 nitrogen and oxygen atoms in total. The Labute approximate surface area is 461 Å². The first kappa shape index (κ1) is 71.6. The summed E-state index contributed by atoms with van der Waals surface area (Å²) in [7, 11) is 0. The fraction of sp³-hybridized carbons (Fsp3) is 0.868. The van der Waals surface area contributed by atoms with Crippen LogP contribution in [0.4, 0.5) is 0 Å². The Bertz CT molecular complexity index is 1240. The van der Waals surface area contributed by atoms with Gasteiger partial charge >= 0.3 is 17.9 Å². The zero-order valence-electron chi connectivity index (χ0n) is 49.9. The first-order chi connectivity index (χ1) is 36.5. The van der Waals surface area contributed by atoms with Crippen LogP contribution in [0.15, 0.2) is 36.5 Å². The maximum atomic E-state index is 12.9. The lowest BCUT2D eigenvalue weighted by atomic mass is 10.0. The monoisotopic (exact) mass is 1040 g/mol. The summed E-state index contributed by atoms with van der Waals surface area (Å²) in [5.74, 6) is -0.868. The molecular formula is C68H126O6. The van der Waals surface area contributed by atoms with Crippen molar-refractivity contribution in [2.75, 3.05) is 13.2 Å². The summed E-state index contributed by atoms with van der Waals surface area (Å²) in [6, 6.07) is 0. The molecule has 0 amide bonds. The first-order valence-corrected chi connectivity index (χ1v) is 33.0. The van der Waals surface area contributed by atoms with Gasteiger partial charge in [0.15, 0.2) is 6.10 Å². The normalized spacial score (nSPS) is 12.2. The number of hydrogen-bond acceptors (Lipinski definition) is 6. The zero-order chi connectivity index (χ0) is 53.6. The summed E-state index contributed by atoms with van der Waals surface area (Å²) in [5.41, 5.74) is 0. The third-order valence-corrected chi connectivity index (χ3v) is 14.9. The summed E-state index contributed by atoms with van der Waals surface area (Å²) in [4.78, 5) is 38.3. The Kier molecular flexibility index (Phi) is 61.1. The average molecular weight is 1040 g/mol. The van der Waals surface area contributed by atoms with Gasteiger partial charge in [-0.25, -0.2) is 0 Å². The van der Waals surface area contributed by atoms with Gasteiger partial charge in [0.2, 0.25) is 0 Å². The highest BCUT2D eigenvalue weighted by atomic mass is 16.6. The van der Waals surface area contributed by atoms with Crippen LogP contribution in [0.2, 0.25) is 0 Å².